The third kappa shape index (κ3) is 1.59. The summed E-state index contributed by atoms with van der Waals surface area (Å²) in [7, 11) is 0. The summed E-state index contributed by atoms with van der Waals surface area (Å²) in [6, 6.07) is 0. The summed E-state index contributed by atoms with van der Waals surface area (Å²) < 4.78 is 0. The lowest BCUT2D eigenvalue weighted by atomic mass is 9.84. The second-order valence-electron chi connectivity index (χ2n) is 3.68. The molecule has 1 aliphatic rings. The molecule has 0 radical (unpaired) electrons. The van der Waals surface area contributed by atoms with Crippen molar-refractivity contribution >= 4 is 0 Å². The van der Waals surface area contributed by atoms with Crippen molar-refractivity contribution < 1.29 is 10.1 Å². The quantitative estimate of drug-likeness (QED) is 0.390. The van der Waals surface area contributed by atoms with Crippen LogP contribution in [0.5, 0.6) is 0 Å². The van der Waals surface area contributed by atoms with Crippen molar-refractivity contribution in [3.05, 3.63) is 24.3 Å². The minimum Gasteiger partial charge on any atom is -0.251 e. The lowest BCUT2D eigenvalue weighted by Crippen LogP contribution is -2.34. The van der Waals surface area contributed by atoms with Gasteiger partial charge in [0.1, 0.15) is 5.60 Å². The number of hydrogen-bond donors (Lipinski definition) is 1. The normalized spacial score (nSPS) is 34.6. The lowest BCUT2D eigenvalue weighted by molar-refractivity contribution is -0.303. The molecular weight excluding hydrogens is 152 g/mol. The highest BCUT2D eigenvalue weighted by Gasteiger charge is 2.31. The van der Waals surface area contributed by atoms with E-state index in [0.717, 1.165) is 0 Å². The molecule has 0 bridgehead atoms. The fraction of sp³-hybridized carbons (Fsp3) is 0.600. The third-order valence-corrected chi connectivity index (χ3v) is 2.38. The van der Waals surface area contributed by atoms with Crippen molar-refractivity contribution in [2.75, 3.05) is 0 Å². The van der Waals surface area contributed by atoms with Gasteiger partial charge in [0.2, 0.25) is 0 Å². The van der Waals surface area contributed by atoms with Crippen LogP contribution in [0, 0.1) is 11.8 Å². The summed E-state index contributed by atoms with van der Waals surface area (Å²) in [5.74, 6) is 0.675. The average molecular weight is 168 g/mol. The Hall–Kier alpha value is -0.600. The topological polar surface area (TPSA) is 29.5 Å². The van der Waals surface area contributed by atoms with Crippen molar-refractivity contribution in [3.63, 3.8) is 0 Å². The summed E-state index contributed by atoms with van der Waals surface area (Å²) in [6.45, 7) is 6.12. The number of allylic oxidation sites excluding steroid dienone is 2. The van der Waals surface area contributed by atoms with Gasteiger partial charge in [-0.1, -0.05) is 32.9 Å². The highest BCUT2D eigenvalue weighted by molar-refractivity contribution is 5.23. The average Bonchev–Trinajstić information content (AvgIpc) is 2.06. The number of rotatable bonds is 2. The molecule has 0 saturated heterocycles. The standard InChI is InChI=1S/C10H16O2/c1-8(2)10(12-11)6-4-9(3)5-7-10/h4-9,11H,1-3H3. The first-order valence-corrected chi connectivity index (χ1v) is 4.32. The molecule has 1 aliphatic carbocycles. The van der Waals surface area contributed by atoms with Gasteiger partial charge in [-0.05, 0) is 24.0 Å². The first-order valence-electron chi connectivity index (χ1n) is 4.32. The summed E-state index contributed by atoms with van der Waals surface area (Å²) in [4.78, 5) is 4.51. The molecule has 0 aromatic rings. The van der Waals surface area contributed by atoms with Crippen LogP contribution in [0.4, 0.5) is 0 Å². The molecule has 0 unspecified atom stereocenters. The van der Waals surface area contributed by atoms with E-state index in [-0.39, 0.29) is 5.92 Å². The first-order chi connectivity index (χ1) is 5.60. The minimum atomic E-state index is -0.605. The molecular formula is C10H16O2. The maximum Gasteiger partial charge on any atom is 0.142 e. The Bertz CT molecular complexity index is 190. The molecule has 0 atom stereocenters. The molecule has 0 aliphatic heterocycles. The van der Waals surface area contributed by atoms with Crippen molar-refractivity contribution in [1.82, 2.24) is 0 Å². The Labute approximate surface area is 73.5 Å². The molecule has 12 heavy (non-hydrogen) atoms. The highest BCUT2D eigenvalue weighted by Crippen LogP contribution is 2.28. The molecule has 0 aromatic heterocycles. The second kappa shape index (κ2) is 3.42. The van der Waals surface area contributed by atoms with Gasteiger partial charge in [0.25, 0.3) is 0 Å². The highest BCUT2D eigenvalue weighted by atomic mass is 17.1. The van der Waals surface area contributed by atoms with Gasteiger partial charge < -0.3 is 0 Å². The Balaban J connectivity index is 2.83. The minimum absolute atomic E-state index is 0.238. The van der Waals surface area contributed by atoms with E-state index in [1.807, 2.05) is 38.2 Å². The predicted molar refractivity (Wildman–Crippen MR) is 48.7 cm³/mol. The largest absolute Gasteiger partial charge is 0.251 e. The lowest BCUT2D eigenvalue weighted by Gasteiger charge is -2.30. The van der Waals surface area contributed by atoms with E-state index < -0.39 is 5.60 Å². The van der Waals surface area contributed by atoms with Crippen LogP contribution in [-0.2, 0) is 4.89 Å². The Kier molecular flexibility index (Phi) is 2.70. The monoisotopic (exact) mass is 168 g/mol. The van der Waals surface area contributed by atoms with Gasteiger partial charge in [-0.3, -0.25) is 5.26 Å². The first kappa shape index (κ1) is 9.49. The maximum absolute atomic E-state index is 8.80. The number of hydrogen-bond acceptors (Lipinski definition) is 2. The fourth-order valence-electron chi connectivity index (χ4n) is 1.28. The molecule has 0 aromatic carbocycles. The SMILES string of the molecule is CC1C=CC(OO)(C(C)C)C=C1. The zero-order valence-corrected chi connectivity index (χ0v) is 7.82. The van der Waals surface area contributed by atoms with E-state index in [4.69, 9.17) is 5.26 Å². The van der Waals surface area contributed by atoms with E-state index in [1.54, 1.807) is 0 Å². The molecule has 0 amide bonds. The van der Waals surface area contributed by atoms with Crippen molar-refractivity contribution in [1.29, 1.82) is 0 Å². The summed E-state index contributed by atoms with van der Waals surface area (Å²) in [5, 5.41) is 8.80. The van der Waals surface area contributed by atoms with Crippen LogP contribution in [0.25, 0.3) is 0 Å². The van der Waals surface area contributed by atoms with Crippen LogP contribution in [0.3, 0.4) is 0 Å². The van der Waals surface area contributed by atoms with Crippen LogP contribution >= 0.6 is 0 Å². The molecule has 2 nitrogen and oxygen atoms in total. The van der Waals surface area contributed by atoms with Crippen LogP contribution in [-0.4, -0.2) is 10.9 Å². The molecule has 0 spiro atoms. The summed E-state index contributed by atoms with van der Waals surface area (Å²) in [6.07, 6.45) is 7.91. The Morgan fingerprint density at radius 3 is 2.17 bits per heavy atom. The van der Waals surface area contributed by atoms with Gasteiger partial charge in [0, 0.05) is 0 Å². The van der Waals surface area contributed by atoms with E-state index in [9.17, 15) is 0 Å². The zero-order chi connectivity index (χ0) is 9.19. The second-order valence-corrected chi connectivity index (χ2v) is 3.68. The van der Waals surface area contributed by atoms with E-state index in [1.165, 1.54) is 0 Å². The van der Waals surface area contributed by atoms with Crippen molar-refractivity contribution in [2.45, 2.75) is 26.4 Å². The van der Waals surface area contributed by atoms with Crippen LogP contribution < -0.4 is 0 Å². The summed E-state index contributed by atoms with van der Waals surface area (Å²) >= 11 is 0. The van der Waals surface area contributed by atoms with Gasteiger partial charge in [0.15, 0.2) is 0 Å². The van der Waals surface area contributed by atoms with Gasteiger partial charge in [-0.2, -0.15) is 0 Å². The molecule has 1 rings (SSSR count). The fourth-order valence-corrected chi connectivity index (χ4v) is 1.28. The molecule has 1 N–H and O–H groups in total. The summed E-state index contributed by atoms with van der Waals surface area (Å²) in [5.41, 5.74) is -0.605. The van der Waals surface area contributed by atoms with Gasteiger partial charge in [0.05, 0.1) is 0 Å². The van der Waals surface area contributed by atoms with Gasteiger partial charge >= 0.3 is 0 Å². The van der Waals surface area contributed by atoms with Gasteiger partial charge in [-0.25, -0.2) is 4.89 Å². The van der Waals surface area contributed by atoms with Crippen LogP contribution in [0.15, 0.2) is 24.3 Å². The smallest absolute Gasteiger partial charge is 0.142 e. The Morgan fingerprint density at radius 1 is 1.33 bits per heavy atom. The van der Waals surface area contributed by atoms with Crippen molar-refractivity contribution in [3.8, 4) is 0 Å². The van der Waals surface area contributed by atoms with Crippen LogP contribution in [0.1, 0.15) is 20.8 Å². The molecule has 0 heterocycles. The molecule has 2 heteroatoms. The van der Waals surface area contributed by atoms with Crippen LogP contribution in [0.2, 0.25) is 0 Å². The molecule has 0 saturated carbocycles. The van der Waals surface area contributed by atoms with E-state index in [0.29, 0.717) is 5.92 Å². The maximum atomic E-state index is 8.80. The third-order valence-electron chi connectivity index (χ3n) is 2.38. The van der Waals surface area contributed by atoms with E-state index >= 15 is 0 Å². The Morgan fingerprint density at radius 2 is 1.83 bits per heavy atom. The zero-order valence-electron chi connectivity index (χ0n) is 7.82. The predicted octanol–water partition coefficient (Wildman–Crippen LogP) is 2.63. The molecule has 0 fully saturated rings. The van der Waals surface area contributed by atoms with Crippen molar-refractivity contribution in [2.24, 2.45) is 11.8 Å². The molecule has 68 valence electrons. The van der Waals surface area contributed by atoms with Gasteiger partial charge in [-0.15, -0.1) is 0 Å². The van der Waals surface area contributed by atoms with E-state index in [2.05, 4.69) is 11.8 Å².